The molecule has 1 aliphatic heterocycles. The molecule has 2 aromatic carbocycles. The van der Waals surface area contributed by atoms with Crippen LogP contribution in [0.3, 0.4) is 0 Å². The number of benzene rings is 2. The number of aromatic amines is 1. The third kappa shape index (κ3) is 5.01. The molecule has 4 rings (SSSR count). The van der Waals surface area contributed by atoms with Gasteiger partial charge in [0, 0.05) is 43.3 Å². The molecule has 3 aromatic rings. The number of methoxy groups -OCH3 is 1. The Morgan fingerprint density at radius 1 is 1.19 bits per heavy atom. The molecule has 168 valence electrons. The summed E-state index contributed by atoms with van der Waals surface area (Å²) in [5.74, 6) is 0.445. The number of ether oxygens (including phenoxy) is 1. The molecule has 32 heavy (non-hydrogen) atoms. The maximum absolute atomic E-state index is 13.9. The normalized spacial score (nSPS) is 14.5. The molecule has 0 bridgehead atoms. The largest absolute Gasteiger partial charge is 0.494 e. The van der Waals surface area contributed by atoms with Crippen LogP contribution in [0.15, 0.2) is 42.5 Å². The van der Waals surface area contributed by atoms with Gasteiger partial charge in [-0.15, -0.1) is 0 Å². The van der Waals surface area contributed by atoms with E-state index in [-0.39, 0.29) is 24.0 Å². The Labute approximate surface area is 195 Å². The van der Waals surface area contributed by atoms with Gasteiger partial charge in [-0.05, 0) is 54.2 Å². The van der Waals surface area contributed by atoms with Gasteiger partial charge in [0.25, 0.3) is 0 Å². The van der Waals surface area contributed by atoms with Gasteiger partial charge in [0.05, 0.1) is 7.11 Å². The van der Waals surface area contributed by atoms with E-state index in [1.54, 1.807) is 22.8 Å². The molecular formula is C22H23ClFN5O2S. The van der Waals surface area contributed by atoms with E-state index in [4.69, 9.17) is 28.6 Å². The molecule has 1 aromatic heterocycles. The molecule has 0 atom stereocenters. The van der Waals surface area contributed by atoms with E-state index in [1.165, 1.54) is 13.2 Å². The predicted octanol–water partition coefficient (Wildman–Crippen LogP) is 3.75. The maximum atomic E-state index is 13.9. The lowest BCUT2D eigenvalue weighted by atomic mass is 10.1. The van der Waals surface area contributed by atoms with Crippen molar-refractivity contribution in [3.63, 3.8) is 0 Å². The third-order valence-electron chi connectivity index (χ3n) is 5.50. The van der Waals surface area contributed by atoms with Crippen molar-refractivity contribution in [1.82, 2.24) is 24.6 Å². The fraction of sp³-hybridized carbons (Fsp3) is 0.318. The van der Waals surface area contributed by atoms with Crippen molar-refractivity contribution >= 4 is 29.7 Å². The highest BCUT2D eigenvalue weighted by Gasteiger charge is 2.23. The smallest absolute Gasteiger partial charge is 0.242 e. The Kier molecular flexibility index (Phi) is 6.88. The van der Waals surface area contributed by atoms with Crippen LogP contribution < -0.4 is 4.74 Å². The molecule has 1 fully saturated rings. The summed E-state index contributed by atoms with van der Waals surface area (Å²) >= 11 is 11.3. The van der Waals surface area contributed by atoms with Crippen molar-refractivity contribution in [1.29, 1.82) is 0 Å². The summed E-state index contributed by atoms with van der Waals surface area (Å²) < 4.78 is 21.0. The van der Waals surface area contributed by atoms with Crippen LogP contribution in [0, 0.1) is 10.6 Å². The second kappa shape index (κ2) is 9.81. The van der Waals surface area contributed by atoms with Crippen LogP contribution in [0.25, 0.3) is 11.4 Å². The summed E-state index contributed by atoms with van der Waals surface area (Å²) in [7, 11) is 1.45. The summed E-state index contributed by atoms with van der Waals surface area (Å²) in [6, 6.07) is 12.2. The second-order valence-corrected chi connectivity index (χ2v) is 8.39. The number of H-pyrrole nitrogens is 1. The first-order valence-electron chi connectivity index (χ1n) is 10.2. The summed E-state index contributed by atoms with van der Waals surface area (Å²) in [4.78, 5) is 17.0. The molecule has 0 saturated carbocycles. The number of hydrogen-bond acceptors (Lipinski definition) is 5. The van der Waals surface area contributed by atoms with Crippen molar-refractivity contribution in [2.75, 3.05) is 33.3 Å². The Morgan fingerprint density at radius 3 is 2.56 bits per heavy atom. The van der Waals surface area contributed by atoms with E-state index >= 15 is 0 Å². The Hall–Kier alpha value is -2.75. The van der Waals surface area contributed by atoms with E-state index in [2.05, 4.69) is 15.1 Å². The SMILES string of the molecule is COc1ccc(CN2CCN(C(=O)Cn3c(-c4ccc(Cl)cc4)n[nH]c3=S)CC2)cc1F. The number of hydrogen-bond donors (Lipinski definition) is 1. The van der Waals surface area contributed by atoms with Gasteiger partial charge in [0.15, 0.2) is 22.2 Å². The molecular weight excluding hydrogens is 453 g/mol. The van der Waals surface area contributed by atoms with Crippen LogP contribution in [0.4, 0.5) is 4.39 Å². The zero-order valence-electron chi connectivity index (χ0n) is 17.6. The van der Waals surface area contributed by atoms with E-state index in [0.29, 0.717) is 48.3 Å². The summed E-state index contributed by atoms with van der Waals surface area (Å²) in [5, 5.41) is 7.67. The number of rotatable bonds is 6. The van der Waals surface area contributed by atoms with Gasteiger partial charge in [-0.1, -0.05) is 17.7 Å². The average molecular weight is 476 g/mol. The molecule has 0 unspecified atom stereocenters. The second-order valence-electron chi connectivity index (χ2n) is 7.57. The molecule has 7 nitrogen and oxygen atoms in total. The highest BCUT2D eigenvalue weighted by molar-refractivity contribution is 7.71. The first-order chi connectivity index (χ1) is 15.4. The molecule has 1 saturated heterocycles. The number of halogens is 2. The molecule has 2 heterocycles. The standard InChI is InChI=1S/C22H23ClFN5O2S/c1-31-19-7-2-15(12-18(19)24)13-27-8-10-28(11-9-27)20(30)14-29-21(25-26-22(29)32)16-3-5-17(23)6-4-16/h2-7,12H,8-11,13-14H2,1H3,(H,26,32). The first-order valence-corrected chi connectivity index (χ1v) is 11.0. The van der Waals surface area contributed by atoms with E-state index in [1.807, 2.05) is 23.1 Å². The van der Waals surface area contributed by atoms with E-state index in [0.717, 1.165) is 11.1 Å². The van der Waals surface area contributed by atoms with Gasteiger partial charge in [-0.3, -0.25) is 19.4 Å². The van der Waals surface area contributed by atoms with Gasteiger partial charge >= 0.3 is 0 Å². The Morgan fingerprint density at radius 2 is 1.91 bits per heavy atom. The highest BCUT2D eigenvalue weighted by Crippen LogP contribution is 2.21. The zero-order chi connectivity index (χ0) is 22.7. The lowest BCUT2D eigenvalue weighted by Crippen LogP contribution is -2.49. The topological polar surface area (TPSA) is 66.4 Å². The Balaban J connectivity index is 1.36. The molecule has 0 aliphatic carbocycles. The predicted molar refractivity (Wildman–Crippen MR) is 123 cm³/mol. The molecule has 1 aliphatic rings. The molecule has 0 spiro atoms. The molecule has 1 N–H and O–H groups in total. The van der Waals surface area contributed by atoms with Crippen LogP contribution in [0.1, 0.15) is 5.56 Å². The fourth-order valence-electron chi connectivity index (χ4n) is 3.74. The van der Waals surface area contributed by atoms with Crippen LogP contribution in [0.2, 0.25) is 5.02 Å². The average Bonchev–Trinajstić information content (AvgIpc) is 3.15. The number of piperazine rings is 1. The van der Waals surface area contributed by atoms with Crippen LogP contribution in [-0.4, -0.2) is 63.8 Å². The minimum atomic E-state index is -0.368. The lowest BCUT2D eigenvalue weighted by Gasteiger charge is -2.35. The minimum absolute atomic E-state index is 0.0205. The lowest BCUT2D eigenvalue weighted by molar-refractivity contribution is -0.133. The monoisotopic (exact) mass is 475 g/mol. The van der Waals surface area contributed by atoms with Crippen molar-refractivity contribution in [3.05, 3.63) is 63.6 Å². The fourth-order valence-corrected chi connectivity index (χ4v) is 4.06. The van der Waals surface area contributed by atoms with Gasteiger partial charge in [-0.2, -0.15) is 5.10 Å². The van der Waals surface area contributed by atoms with Crippen LogP contribution in [0.5, 0.6) is 5.75 Å². The molecule has 10 heteroatoms. The van der Waals surface area contributed by atoms with Gasteiger partial charge in [0.1, 0.15) is 6.54 Å². The Bertz CT molecular complexity index is 1160. The highest BCUT2D eigenvalue weighted by atomic mass is 35.5. The quantitative estimate of drug-likeness (QED) is 0.550. The van der Waals surface area contributed by atoms with Crippen LogP contribution in [-0.2, 0) is 17.9 Å². The van der Waals surface area contributed by atoms with Gasteiger partial charge < -0.3 is 9.64 Å². The van der Waals surface area contributed by atoms with Crippen molar-refractivity contribution in [3.8, 4) is 17.1 Å². The molecule has 0 radical (unpaired) electrons. The van der Waals surface area contributed by atoms with Gasteiger partial charge in [-0.25, -0.2) is 4.39 Å². The van der Waals surface area contributed by atoms with Crippen LogP contribution >= 0.6 is 23.8 Å². The molecule has 1 amide bonds. The zero-order valence-corrected chi connectivity index (χ0v) is 19.1. The van der Waals surface area contributed by atoms with Crippen molar-refractivity contribution < 1.29 is 13.9 Å². The first kappa shape index (κ1) is 22.4. The van der Waals surface area contributed by atoms with E-state index in [9.17, 15) is 9.18 Å². The van der Waals surface area contributed by atoms with Crippen molar-refractivity contribution in [2.45, 2.75) is 13.1 Å². The number of amides is 1. The number of carbonyl (C=O) groups excluding carboxylic acids is 1. The van der Waals surface area contributed by atoms with Gasteiger partial charge in [0.2, 0.25) is 5.91 Å². The van der Waals surface area contributed by atoms with Crippen molar-refractivity contribution in [2.24, 2.45) is 0 Å². The number of aromatic nitrogens is 3. The summed E-state index contributed by atoms with van der Waals surface area (Å²) in [5.41, 5.74) is 1.70. The summed E-state index contributed by atoms with van der Waals surface area (Å²) in [6.07, 6.45) is 0. The number of nitrogens with zero attached hydrogens (tertiary/aromatic N) is 4. The third-order valence-corrected chi connectivity index (χ3v) is 6.07. The minimum Gasteiger partial charge on any atom is -0.494 e. The summed E-state index contributed by atoms with van der Waals surface area (Å²) in [6.45, 7) is 3.34. The number of nitrogens with one attached hydrogen (secondary N) is 1. The number of carbonyl (C=O) groups is 1. The maximum Gasteiger partial charge on any atom is 0.242 e. The van der Waals surface area contributed by atoms with E-state index < -0.39 is 0 Å².